The fraction of sp³-hybridized carbons (Fsp3) is 0.538. The zero-order valence-electron chi connectivity index (χ0n) is 10.7. The quantitative estimate of drug-likeness (QED) is 0.708. The maximum Gasteiger partial charge on any atom is 0.0628 e. The molecule has 0 saturated carbocycles. The Labute approximate surface area is 116 Å². The van der Waals surface area contributed by atoms with E-state index in [-0.39, 0.29) is 25.5 Å². The second kappa shape index (κ2) is 5.28. The van der Waals surface area contributed by atoms with E-state index in [9.17, 15) is 0 Å². The molecule has 1 aromatic heterocycles. The molecule has 0 amide bonds. The van der Waals surface area contributed by atoms with Crippen molar-refractivity contribution in [2.45, 2.75) is 40.5 Å². The first kappa shape index (κ1) is 14.3. The number of nitrogens with zero attached hydrogens (tertiary/aromatic N) is 3. The van der Waals surface area contributed by atoms with E-state index < -0.39 is 0 Å². The third-order valence-electron chi connectivity index (χ3n) is 2.97. The number of allylic oxidation sites excluding steroid dienone is 1. The number of rotatable bonds is 3. The molecule has 0 unspecified atom stereocenters. The van der Waals surface area contributed by atoms with E-state index in [2.05, 4.69) is 36.9 Å². The number of aryl methyl sites for hydroxylation is 1. The summed E-state index contributed by atoms with van der Waals surface area (Å²) in [5.74, 6) is 0.824. The Hall–Kier alpha value is -0.731. The minimum absolute atomic E-state index is 0. The molecule has 0 aliphatic carbocycles. The van der Waals surface area contributed by atoms with Crippen LogP contribution in [0.4, 0.5) is 0 Å². The molecule has 2 rings (SSSR count). The van der Waals surface area contributed by atoms with Crippen LogP contribution in [0.2, 0.25) is 0 Å². The normalized spacial score (nSPS) is 17.4. The standard InChI is InChI=1S/C13H18N3.Ir/c1-5-6-11-7-8-16(15-11)12-9-13(3,4)10(2)14-12;/h7-8H,5-6H2,1-4H3;/q-1;. The van der Waals surface area contributed by atoms with E-state index in [1.165, 1.54) is 0 Å². The second-order valence-electron chi connectivity index (χ2n) is 4.77. The second-order valence-corrected chi connectivity index (χ2v) is 4.77. The Morgan fingerprint density at radius 3 is 2.65 bits per heavy atom. The first-order valence-electron chi connectivity index (χ1n) is 5.79. The van der Waals surface area contributed by atoms with Gasteiger partial charge in [-0.1, -0.05) is 27.2 Å². The van der Waals surface area contributed by atoms with Gasteiger partial charge in [0.15, 0.2) is 0 Å². The Morgan fingerprint density at radius 1 is 1.41 bits per heavy atom. The molecule has 1 aromatic rings. The van der Waals surface area contributed by atoms with Gasteiger partial charge in [0.1, 0.15) is 0 Å². The van der Waals surface area contributed by atoms with Gasteiger partial charge >= 0.3 is 0 Å². The molecule has 1 aliphatic rings. The number of aromatic nitrogens is 2. The summed E-state index contributed by atoms with van der Waals surface area (Å²) in [6.45, 7) is 8.44. The largest absolute Gasteiger partial charge is 0.437 e. The van der Waals surface area contributed by atoms with Gasteiger partial charge in [-0.25, -0.2) is 0 Å². The zero-order valence-corrected chi connectivity index (χ0v) is 13.1. The molecule has 0 atom stereocenters. The van der Waals surface area contributed by atoms with E-state index in [0.29, 0.717) is 0 Å². The van der Waals surface area contributed by atoms with Gasteiger partial charge in [-0.3, -0.25) is 9.67 Å². The predicted molar refractivity (Wildman–Crippen MR) is 66.1 cm³/mol. The van der Waals surface area contributed by atoms with E-state index >= 15 is 0 Å². The summed E-state index contributed by atoms with van der Waals surface area (Å²) in [6.07, 6.45) is 7.47. The molecule has 0 aromatic carbocycles. The summed E-state index contributed by atoms with van der Waals surface area (Å²) < 4.78 is 1.82. The summed E-state index contributed by atoms with van der Waals surface area (Å²) in [7, 11) is 0. The summed E-state index contributed by atoms with van der Waals surface area (Å²) >= 11 is 0. The third kappa shape index (κ3) is 2.93. The van der Waals surface area contributed by atoms with Crippen LogP contribution in [-0.4, -0.2) is 15.5 Å². The zero-order chi connectivity index (χ0) is 11.8. The number of hydrogen-bond donors (Lipinski definition) is 0. The van der Waals surface area contributed by atoms with Crippen molar-refractivity contribution in [3.8, 4) is 0 Å². The van der Waals surface area contributed by atoms with E-state index in [1.54, 1.807) is 0 Å². The first-order valence-corrected chi connectivity index (χ1v) is 5.79. The molecule has 4 heteroatoms. The molecule has 0 N–H and O–H groups in total. The van der Waals surface area contributed by atoms with Crippen LogP contribution < -0.4 is 0 Å². The minimum atomic E-state index is -0.0633. The van der Waals surface area contributed by atoms with Crippen molar-refractivity contribution >= 4 is 11.5 Å². The van der Waals surface area contributed by atoms with Gasteiger partial charge in [0.05, 0.1) is 5.69 Å². The SMILES string of the molecule is CCCc1ccn(C2=[C-]C(C)(C)C(C)=N2)n1.[Ir]. The maximum atomic E-state index is 4.51. The van der Waals surface area contributed by atoms with Gasteiger partial charge in [-0.05, 0) is 30.9 Å². The smallest absolute Gasteiger partial charge is 0.0628 e. The Bertz CT molecular complexity index is 455. The van der Waals surface area contributed by atoms with Gasteiger partial charge in [-0.15, -0.1) is 5.41 Å². The number of hydrogen-bond acceptors (Lipinski definition) is 2. The molecule has 2 heterocycles. The fourth-order valence-corrected chi connectivity index (χ4v) is 1.67. The van der Waals surface area contributed by atoms with Crippen molar-refractivity contribution in [3.63, 3.8) is 0 Å². The average Bonchev–Trinajstić information content (AvgIpc) is 2.74. The topological polar surface area (TPSA) is 30.2 Å². The molecule has 95 valence electrons. The van der Waals surface area contributed by atoms with Gasteiger partial charge in [-0.2, -0.15) is 5.10 Å². The van der Waals surface area contributed by atoms with Crippen molar-refractivity contribution in [2.75, 3.05) is 0 Å². The molecule has 0 fully saturated rings. The van der Waals surface area contributed by atoms with Gasteiger partial charge in [0.25, 0.3) is 0 Å². The van der Waals surface area contributed by atoms with Gasteiger partial charge in [0.2, 0.25) is 0 Å². The van der Waals surface area contributed by atoms with Crippen LogP contribution in [0.25, 0.3) is 5.82 Å². The number of aliphatic imine (C=N–C) groups is 1. The van der Waals surface area contributed by atoms with Crippen molar-refractivity contribution in [3.05, 3.63) is 24.0 Å². The van der Waals surface area contributed by atoms with Crippen LogP contribution in [0, 0.1) is 11.5 Å². The summed E-state index contributed by atoms with van der Waals surface area (Å²) in [6, 6.07) is 2.05. The Balaban J connectivity index is 0.00000144. The molecular formula is C13H18IrN3-. The minimum Gasteiger partial charge on any atom is -0.437 e. The van der Waals surface area contributed by atoms with Crippen LogP contribution in [-0.2, 0) is 26.5 Å². The van der Waals surface area contributed by atoms with Crippen LogP contribution in [0.3, 0.4) is 0 Å². The average molecular weight is 409 g/mol. The maximum absolute atomic E-state index is 4.51. The van der Waals surface area contributed by atoms with Crippen LogP contribution in [0.15, 0.2) is 17.3 Å². The van der Waals surface area contributed by atoms with Crippen molar-refractivity contribution in [2.24, 2.45) is 10.4 Å². The first-order chi connectivity index (χ1) is 7.53. The molecule has 3 nitrogen and oxygen atoms in total. The van der Waals surface area contributed by atoms with E-state index in [1.807, 2.05) is 23.9 Å². The van der Waals surface area contributed by atoms with Crippen LogP contribution in [0.1, 0.15) is 39.8 Å². The van der Waals surface area contributed by atoms with Crippen molar-refractivity contribution in [1.29, 1.82) is 0 Å². The predicted octanol–water partition coefficient (Wildman–Crippen LogP) is 2.94. The molecule has 0 saturated heterocycles. The van der Waals surface area contributed by atoms with Crippen molar-refractivity contribution < 1.29 is 20.1 Å². The molecule has 0 spiro atoms. The Kier molecular flexibility index (Phi) is 4.45. The summed E-state index contributed by atoms with van der Waals surface area (Å²) in [4.78, 5) is 4.51. The Morgan fingerprint density at radius 2 is 2.12 bits per heavy atom. The van der Waals surface area contributed by atoms with Gasteiger partial charge in [0, 0.05) is 26.3 Å². The molecular weight excluding hydrogens is 390 g/mol. The summed E-state index contributed by atoms with van der Waals surface area (Å²) in [5, 5.41) is 4.49. The van der Waals surface area contributed by atoms with Crippen molar-refractivity contribution in [1.82, 2.24) is 9.78 Å². The molecule has 1 radical (unpaired) electrons. The molecule has 17 heavy (non-hydrogen) atoms. The summed E-state index contributed by atoms with van der Waals surface area (Å²) in [5.41, 5.74) is 2.15. The fourth-order valence-electron chi connectivity index (χ4n) is 1.67. The monoisotopic (exact) mass is 409 g/mol. The molecule has 1 aliphatic heterocycles. The van der Waals surface area contributed by atoms with E-state index in [0.717, 1.165) is 30.1 Å². The molecule has 0 bridgehead atoms. The van der Waals surface area contributed by atoms with Crippen LogP contribution >= 0.6 is 0 Å². The third-order valence-corrected chi connectivity index (χ3v) is 2.97. The van der Waals surface area contributed by atoms with Crippen LogP contribution in [0.5, 0.6) is 0 Å². The van der Waals surface area contributed by atoms with Gasteiger partial charge < -0.3 is 6.08 Å². The van der Waals surface area contributed by atoms with E-state index in [4.69, 9.17) is 0 Å².